The van der Waals surface area contributed by atoms with Gasteiger partial charge in [-0.1, -0.05) is 15.9 Å². The maximum absolute atomic E-state index is 11.7. The first-order valence-corrected chi connectivity index (χ1v) is 8.60. The Balaban J connectivity index is 2.91. The number of sulfone groups is 1. The van der Waals surface area contributed by atoms with Gasteiger partial charge in [0.05, 0.1) is 22.3 Å². The summed E-state index contributed by atoms with van der Waals surface area (Å²) in [5, 5.41) is -0.458. The van der Waals surface area contributed by atoms with Crippen LogP contribution in [-0.2, 0) is 9.84 Å². The van der Waals surface area contributed by atoms with Gasteiger partial charge in [0.1, 0.15) is 6.61 Å². The van der Waals surface area contributed by atoms with Gasteiger partial charge in [-0.3, -0.25) is 4.79 Å². The van der Waals surface area contributed by atoms with Crippen LogP contribution in [0, 0.1) is 0 Å². The van der Waals surface area contributed by atoms with Gasteiger partial charge in [0, 0.05) is 4.47 Å². The summed E-state index contributed by atoms with van der Waals surface area (Å²) in [5.74, 6) is -0.0725. The third kappa shape index (κ3) is 4.21. The molecule has 112 valence electrons. The zero-order valence-electron chi connectivity index (χ0n) is 11.6. The molecule has 0 radical (unpaired) electrons. The van der Waals surface area contributed by atoms with Crippen LogP contribution in [0.3, 0.4) is 0 Å². The Hall–Kier alpha value is -1.08. The number of carbonyl (C=O) groups is 1. The Morgan fingerprint density at radius 1 is 1.40 bits per heavy atom. The topological polar surface area (TPSA) is 86.5 Å². The van der Waals surface area contributed by atoms with Gasteiger partial charge in [-0.05, 0) is 32.9 Å². The minimum atomic E-state index is -3.18. The molecular formula is C13H18BrNO4S. The molecule has 0 saturated carbocycles. The number of hydrogen-bond acceptors (Lipinski definition) is 5. The number of nitrogen functional groups attached to an aromatic ring is 1. The maximum atomic E-state index is 11.7. The molecule has 0 aromatic heterocycles. The first-order chi connectivity index (χ1) is 9.15. The Morgan fingerprint density at radius 2 is 2.00 bits per heavy atom. The van der Waals surface area contributed by atoms with Crippen molar-refractivity contribution in [2.75, 3.05) is 18.1 Å². The molecule has 0 heterocycles. The Kier molecular flexibility index (Phi) is 5.59. The molecule has 0 aliphatic rings. The van der Waals surface area contributed by atoms with Gasteiger partial charge in [0.25, 0.3) is 0 Å². The standard InChI is InChI=1S/C13H18BrNO4S/c1-8(2)20(17,18)5-4-19-13-11(9(3)16)6-10(14)7-12(13)15/h6-8H,4-5,15H2,1-3H3. The Labute approximate surface area is 127 Å². The SMILES string of the molecule is CC(=O)c1cc(Br)cc(N)c1OCCS(=O)(=O)C(C)C. The fourth-order valence-electron chi connectivity index (χ4n) is 1.53. The first-order valence-electron chi connectivity index (χ1n) is 6.09. The molecule has 0 atom stereocenters. The summed E-state index contributed by atoms with van der Waals surface area (Å²) in [7, 11) is -3.18. The lowest BCUT2D eigenvalue weighted by Gasteiger charge is -2.14. The number of nitrogens with two attached hydrogens (primary N) is 1. The van der Waals surface area contributed by atoms with E-state index in [1.165, 1.54) is 6.92 Å². The van der Waals surface area contributed by atoms with E-state index in [1.807, 2.05) is 0 Å². The molecular weight excluding hydrogens is 346 g/mol. The summed E-state index contributed by atoms with van der Waals surface area (Å²) in [6, 6.07) is 3.21. The molecule has 0 bridgehead atoms. The summed E-state index contributed by atoms with van der Waals surface area (Å²) in [6.07, 6.45) is 0. The maximum Gasteiger partial charge on any atom is 0.163 e. The van der Waals surface area contributed by atoms with Gasteiger partial charge in [0.2, 0.25) is 0 Å². The summed E-state index contributed by atoms with van der Waals surface area (Å²) >= 11 is 3.25. The van der Waals surface area contributed by atoms with Crippen LogP contribution >= 0.6 is 15.9 Å². The van der Waals surface area contributed by atoms with Gasteiger partial charge in [-0.25, -0.2) is 8.42 Å². The minimum Gasteiger partial charge on any atom is -0.490 e. The predicted molar refractivity (Wildman–Crippen MR) is 83.0 cm³/mol. The van der Waals surface area contributed by atoms with Gasteiger partial charge >= 0.3 is 0 Å². The van der Waals surface area contributed by atoms with E-state index in [0.29, 0.717) is 15.7 Å². The second kappa shape index (κ2) is 6.58. The molecule has 0 spiro atoms. The fraction of sp³-hybridized carbons (Fsp3) is 0.462. The molecule has 1 rings (SSSR count). The first kappa shape index (κ1) is 17.0. The van der Waals surface area contributed by atoms with Gasteiger partial charge in [-0.15, -0.1) is 0 Å². The van der Waals surface area contributed by atoms with Crippen LogP contribution in [0.4, 0.5) is 5.69 Å². The van der Waals surface area contributed by atoms with Crippen LogP contribution in [0.5, 0.6) is 5.75 Å². The molecule has 0 aliphatic carbocycles. The zero-order chi connectivity index (χ0) is 15.5. The number of halogens is 1. The highest BCUT2D eigenvalue weighted by atomic mass is 79.9. The van der Waals surface area contributed by atoms with Crippen LogP contribution in [0.15, 0.2) is 16.6 Å². The summed E-state index contributed by atoms with van der Waals surface area (Å²) in [4.78, 5) is 11.6. The average Bonchev–Trinajstić information content (AvgIpc) is 2.30. The number of carbonyl (C=O) groups excluding carboxylic acids is 1. The van der Waals surface area contributed by atoms with Crippen molar-refractivity contribution in [3.8, 4) is 5.75 Å². The summed E-state index contributed by atoms with van der Waals surface area (Å²) in [6.45, 7) is 4.60. The molecule has 7 heteroatoms. The molecule has 2 N–H and O–H groups in total. The van der Waals surface area contributed by atoms with Crippen LogP contribution in [0.2, 0.25) is 0 Å². The highest BCUT2D eigenvalue weighted by Crippen LogP contribution is 2.31. The Morgan fingerprint density at radius 3 is 2.50 bits per heavy atom. The fourth-order valence-corrected chi connectivity index (χ4v) is 2.80. The minimum absolute atomic E-state index is 0.0351. The van der Waals surface area contributed by atoms with E-state index >= 15 is 0 Å². The number of ether oxygens (including phenoxy) is 1. The van der Waals surface area contributed by atoms with E-state index < -0.39 is 15.1 Å². The smallest absolute Gasteiger partial charge is 0.163 e. The van der Waals surface area contributed by atoms with Gasteiger partial charge < -0.3 is 10.5 Å². The highest BCUT2D eigenvalue weighted by Gasteiger charge is 2.18. The second-order valence-corrected chi connectivity index (χ2v) is 8.28. The van der Waals surface area contributed by atoms with E-state index in [9.17, 15) is 13.2 Å². The normalized spacial score (nSPS) is 11.7. The second-order valence-electron chi connectivity index (χ2n) is 4.69. The molecule has 0 amide bonds. The van der Waals surface area contributed by atoms with Crippen LogP contribution in [-0.4, -0.2) is 31.8 Å². The van der Waals surface area contributed by atoms with E-state index in [4.69, 9.17) is 10.5 Å². The van der Waals surface area contributed by atoms with Crippen molar-refractivity contribution >= 4 is 37.2 Å². The quantitative estimate of drug-likeness (QED) is 0.619. The molecule has 1 aromatic rings. The number of rotatable bonds is 6. The lowest BCUT2D eigenvalue weighted by atomic mass is 10.1. The van der Waals surface area contributed by atoms with Gasteiger partial charge in [0.15, 0.2) is 21.4 Å². The van der Waals surface area contributed by atoms with Crippen molar-refractivity contribution in [2.24, 2.45) is 0 Å². The molecule has 0 aliphatic heterocycles. The van der Waals surface area contributed by atoms with Crippen molar-refractivity contribution in [1.82, 2.24) is 0 Å². The third-order valence-electron chi connectivity index (χ3n) is 2.79. The van der Waals surface area contributed by atoms with Crippen LogP contribution in [0.1, 0.15) is 31.1 Å². The highest BCUT2D eigenvalue weighted by molar-refractivity contribution is 9.10. The third-order valence-corrected chi connectivity index (χ3v) is 5.42. The van der Waals surface area contributed by atoms with Crippen LogP contribution in [0.25, 0.3) is 0 Å². The lowest BCUT2D eigenvalue weighted by molar-refractivity contribution is 0.101. The van der Waals surface area contributed by atoms with E-state index in [1.54, 1.807) is 26.0 Å². The lowest BCUT2D eigenvalue weighted by Crippen LogP contribution is -2.22. The molecule has 1 aromatic carbocycles. The van der Waals surface area contributed by atoms with Crippen molar-refractivity contribution in [1.29, 1.82) is 0 Å². The number of anilines is 1. The van der Waals surface area contributed by atoms with E-state index in [-0.39, 0.29) is 23.9 Å². The number of ketones is 1. The molecule has 0 fully saturated rings. The number of benzene rings is 1. The monoisotopic (exact) mass is 363 g/mol. The largest absolute Gasteiger partial charge is 0.490 e. The van der Waals surface area contributed by atoms with Crippen LogP contribution < -0.4 is 10.5 Å². The molecule has 5 nitrogen and oxygen atoms in total. The molecule has 0 unspecified atom stereocenters. The summed E-state index contributed by atoms with van der Waals surface area (Å²) in [5.41, 5.74) is 6.44. The molecule has 20 heavy (non-hydrogen) atoms. The number of hydrogen-bond donors (Lipinski definition) is 1. The number of Topliss-reactive ketones (excluding diaryl/α,β-unsaturated/α-hetero) is 1. The Bertz CT molecular complexity index is 611. The van der Waals surface area contributed by atoms with Crippen molar-refractivity contribution < 1.29 is 17.9 Å². The van der Waals surface area contributed by atoms with Crippen molar-refractivity contribution in [3.05, 3.63) is 22.2 Å². The average molecular weight is 364 g/mol. The predicted octanol–water partition coefficient (Wildman–Crippen LogP) is 2.44. The van der Waals surface area contributed by atoms with Crippen molar-refractivity contribution in [2.45, 2.75) is 26.0 Å². The molecule has 0 saturated heterocycles. The van der Waals surface area contributed by atoms with Gasteiger partial charge in [-0.2, -0.15) is 0 Å². The zero-order valence-corrected chi connectivity index (χ0v) is 14.0. The van der Waals surface area contributed by atoms with E-state index in [2.05, 4.69) is 15.9 Å². The van der Waals surface area contributed by atoms with E-state index in [0.717, 1.165) is 0 Å². The van der Waals surface area contributed by atoms with Crippen molar-refractivity contribution in [3.63, 3.8) is 0 Å². The summed E-state index contributed by atoms with van der Waals surface area (Å²) < 4.78 is 29.5.